The van der Waals surface area contributed by atoms with E-state index in [1.54, 1.807) is 126 Å². The first kappa shape index (κ1) is 103. The Labute approximate surface area is 814 Å². The number of ether oxygens (including phenoxy) is 2. The van der Waals surface area contributed by atoms with E-state index < -0.39 is 70.0 Å². The highest BCUT2D eigenvalue weighted by Crippen LogP contribution is 2.59. The highest BCUT2D eigenvalue weighted by Gasteiger charge is 2.72. The lowest BCUT2D eigenvalue weighted by Gasteiger charge is -2.38. The molecule has 0 bridgehead atoms. The van der Waals surface area contributed by atoms with Gasteiger partial charge in [0.15, 0.2) is 0 Å². The first-order chi connectivity index (χ1) is 66.5. The van der Waals surface area contributed by atoms with Gasteiger partial charge in [0, 0.05) is 25.4 Å². The highest BCUT2D eigenvalue weighted by molar-refractivity contribution is 6.05. The minimum Gasteiger partial charge on any atom is -0.457 e. The Kier molecular flexibility index (Phi) is 31.1. The smallest absolute Gasteiger partial charge is 0.419 e. The Morgan fingerprint density at radius 3 is 0.957 bits per heavy atom. The lowest BCUT2D eigenvalue weighted by Crippen LogP contribution is -2.54. The summed E-state index contributed by atoms with van der Waals surface area (Å²) in [6.07, 6.45) is -24.6. The van der Waals surface area contributed by atoms with Crippen LogP contribution >= 0.6 is 0 Å². The monoisotopic (exact) mass is 1920 g/mol. The van der Waals surface area contributed by atoms with E-state index in [1.165, 1.54) is 100 Å². The van der Waals surface area contributed by atoms with Crippen molar-refractivity contribution in [3.8, 4) is 67.5 Å². The number of benzene rings is 16. The largest absolute Gasteiger partial charge is 0.457 e. The maximum Gasteiger partial charge on any atom is 0.419 e. The van der Waals surface area contributed by atoms with Gasteiger partial charge in [0.2, 0.25) is 5.41 Å². The van der Waals surface area contributed by atoms with E-state index in [2.05, 4.69) is 128 Å². The number of hydrogen-bond acceptors (Lipinski definition) is 4. The van der Waals surface area contributed by atoms with Gasteiger partial charge < -0.3 is 20.1 Å². The van der Waals surface area contributed by atoms with Crippen LogP contribution in [0.4, 0.5) is 77.2 Å². The molecule has 17 rings (SSSR count). The van der Waals surface area contributed by atoms with Crippen LogP contribution in [0, 0.1) is 104 Å². The number of carbonyl (C=O) groups is 2. The summed E-state index contributed by atoms with van der Waals surface area (Å²) in [6, 6.07) is 99.2. The first-order valence-corrected chi connectivity index (χ1v) is 45.3. The molecule has 0 heterocycles. The van der Waals surface area contributed by atoms with E-state index in [1.807, 2.05) is 114 Å². The Hall–Kier alpha value is -15.0. The lowest BCUT2D eigenvalue weighted by molar-refractivity contribution is -0.288. The second-order valence-corrected chi connectivity index (χ2v) is 35.7. The number of alkyl halides is 15. The number of carbonyl (C=O) groups excluding carboxylic acids is 2. The Bertz CT molecular complexity index is 7050. The number of hydrogen-bond donors (Lipinski definition) is 2. The molecule has 0 aliphatic heterocycles. The van der Waals surface area contributed by atoms with E-state index in [-0.39, 0.29) is 36.7 Å². The van der Waals surface area contributed by atoms with Crippen LogP contribution in [0.25, 0.3) is 44.5 Å². The quantitative estimate of drug-likeness (QED) is 0.100. The fraction of sp³-hybridized carbons (Fsp3) is 0.183. The number of halogens is 15. The summed E-state index contributed by atoms with van der Waals surface area (Å²) in [5, 5.41) is 5.33. The van der Waals surface area contributed by atoms with Crippen LogP contribution in [0.2, 0.25) is 0 Å². The van der Waals surface area contributed by atoms with Crippen molar-refractivity contribution in [3.05, 3.63) is 484 Å². The van der Waals surface area contributed by atoms with Gasteiger partial charge in [-0.25, -0.2) is 0 Å². The van der Waals surface area contributed by atoms with Crippen molar-refractivity contribution in [1.29, 1.82) is 0 Å². The number of aryl methyl sites for hydroxylation is 15. The lowest BCUT2D eigenvalue weighted by atomic mass is 9.67. The van der Waals surface area contributed by atoms with Gasteiger partial charge in [-0.3, -0.25) is 9.59 Å². The molecule has 0 saturated carbocycles. The third-order valence-electron chi connectivity index (χ3n) is 25.1. The predicted octanol–water partition coefficient (Wildman–Crippen LogP) is 35.5. The minimum absolute atomic E-state index is 0. The third kappa shape index (κ3) is 23.6. The Balaban J connectivity index is 0.000000173. The van der Waals surface area contributed by atoms with Crippen LogP contribution in [0.1, 0.15) is 157 Å². The summed E-state index contributed by atoms with van der Waals surface area (Å²) in [6.45, 7) is 27.1. The van der Waals surface area contributed by atoms with Gasteiger partial charge >= 0.3 is 30.9 Å². The van der Waals surface area contributed by atoms with E-state index in [4.69, 9.17) is 9.47 Å². The van der Waals surface area contributed by atoms with Crippen molar-refractivity contribution in [3.63, 3.8) is 0 Å². The highest BCUT2D eigenvalue weighted by atomic mass is 19.4. The van der Waals surface area contributed by atoms with Crippen molar-refractivity contribution in [1.82, 2.24) is 0 Å². The molecule has 16 aromatic carbocycles. The molecule has 0 unspecified atom stereocenters. The molecule has 0 fully saturated rings. The summed E-state index contributed by atoms with van der Waals surface area (Å²) >= 11 is 0. The maximum atomic E-state index is 14.0. The summed E-state index contributed by atoms with van der Waals surface area (Å²) < 4.78 is 217. The van der Waals surface area contributed by atoms with Crippen LogP contribution in [-0.2, 0) is 29.4 Å². The first-order valence-electron chi connectivity index (χ1n) is 45.3. The van der Waals surface area contributed by atoms with Crippen LogP contribution < -0.4 is 20.1 Å². The zero-order valence-corrected chi connectivity index (χ0v) is 80.1. The molecular weight excluding hydrogens is 1820 g/mol. The minimum atomic E-state index is -5.55. The molecule has 0 spiro atoms. The summed E-state index contributed by atoms with van der Waals surface area (Å²) in [4.78, 5) is 25.0. The van der Waals surface area contributed by atoms with Gasteiger partial charge in [-0.1, -0.05) is 287 Å². The molecular formula is C120H107F15N2O4. The standard InChI is InChI=1S/C30H25F3N2O2.C28H23F3O2.C27H22.C19H18F6.C16H15F3.2H2/c1-18-4-8-21(9-5-18)28(36)34-23-12-14-25(20(3)16-23)26-15-13-24(17-27(26)30(31,32)33)35-29(37)22-10-6-19(2)7-11-22;1-18-4-14-26(20(3)16-18)32-23-10-6-21(7-11-23)22-8-12-24(13-9-22)33-27-15-5-19(2)17-25(27)28(29,30)31;1-19-11-15-21(16-12-19)27(22-17-13-20(2)14-18-22)25-9-5-3-7-23(25)24-8-4-6-10-26(24)27;1-11-5-7-15(9-13(11)3)17(18(20,21)22,19(23,24)25)16-8-6-12(2)14(4)10-16;1-10-4-6-13(12(3)8-10)14-7-5-11(2)9-15(14)16(17,18)19;;/h4-17H,1-3H3,(H,34,36)(H,35,37);4-17H,1-3H3;3-18H,1-2H3;5-10H,1-4H3;4-9H,1-3H3;2*1H. The Morgan fingerprint density at radius 1 is 0.255 bits per heavy atom. The molecule has 6 nitrogen and oxygen atoms in total. The molecule has 2 amide bonds. The number of rotatable bonds is 15. The van der Waals surface area contributed by atoms with E-state index in [0.717, 1.165) is 86.8 Å². The normalized spacial score (nSPS) is 12.2. The van der Waals surface area contributed by atoms with Gasteiger partial charge in [-0.2, -0.15) is 65.9 Å². The van der Waals surface area contributed by atoms with Crippen LogP contribution in [0.3, 0.4) is 0 Å². The molecule has 16 aromatic rings. The van der Waals surface area contributed by atoms with E-state index >= 15 is 0 Å². The van der Waals surface area contributed by atoms with Crippen LogP contribution in [-0.4, -0.2) is 24.2 Å². The van der Waals surface area contributed by atoms with Crippen molar-refractivity contribution in [2.75, 3.05) is 10.6 Å². The third-order valence-corrected chi connectivity index (χ3v) is 25.1. The average molecular weight is 1930 g/mol. The zero-order valence-electron chi connectivity index (χ0n) is 80.1. The molecule has 0 radical (unpaired) electrons. The SMILES string of the molecule is Cc1ccc(-c2ccc(C)cc2C(F)(F)F)c(C)c1.Cc1ccc(C(=O)Nc2ccc(-c3ccc(NC(=O)c4ccc(C)cc4)cc3C(F)(F)F)c(C)c2)cc1.Cc1ccc(C(c2ccc(C)c(C)c2)(C(F)(F)F)C(F)(F)F)cc1C.Cc1ccc(C2(c3ccc(C)cc3)c3ccccc3-c3ccccc32)cc1.Cc1ccc(Oc2ccc(-c3ccc(Oc4ccc(C)cc4C(F)(F)F)cc3)cc2)c(C)c1.[HH].[HH]. The summed E-state index contributed by atoms with van der Waals surface area (Å²) in [5.41, 5.74) is 16.8. The van der Waals surface area contributed by atoms with Crippen molar-refractivity contribution in [2.24, 2.45) is 0 Å². The zero-order chi connectivity index (χ0) is 102. The molecule has 1 aliphatic carbocycles. The van der Waals surface area contributed by atoms with Crippen LogP contribution in [0.15, 0.2) is 340 Å². The molecule has 21 heteroatoms. The van der Waals surface area contributed by atoms with Crippen molar-refractivity contribution < 1.29 is 87.8 Å². The summed E-state index contributed by atoms with van der Waals surface area (Å²) in [5.74, 6) is 0.855. The number of amides is 2. The number of fused-ring (bicyclic) bond motifs is 3. The van der Waals surface area contributed by atoms with Gasteiger partial charge in [0.05, 0.1) is 22.1 Å². The molecule has 0 atom stereocenters. The summed E-state index contributed by atoms with van der Waals surface area (Å²) in [7, 11) is 0. The van der Waals surface area contributed by atoms with Crippen molar-refractivity contribution in [2.45, 2.75) is 146 Å². The second-order valence-electron chi connectivity index (χ2n) is 35.7. The maximum absolute atomic E-state index is 14.0. The van der Waals surface area contributed by atoms with Crippen LogP contribution in [0.5, 0.6) is 23.0 Å². The average Bonchev–Trinajstić information content (AvgIpc) is 1.55. The van der Waals surface area contributed by atoms with Gasteiger partial charge in [0.1, 0.15) is 23.0 Å². The molecule has 1 aliphatic rings. The second kappa shape index (κ2) is 42.4. The fourth-order valence-electron chi connectivity index (χ4n) is 17.3. The fourth-order valence-corrected chi connectivity index (χ4v) is 17.3. The van der Waals surface area contributed by atoms with Gasteiger partial charge in [-0.15, -0.1) is 0 Å². The predicted molar refractivity (Wildman–Crippen MR) is 537 cm³/mol. The molecule has 726 valence electrons. The van der Waals surface area contributed by atoms with Gasteiger partial charge in [0.25, 0.3) is 11.8 Å². The van der Waals surface area contributed by atoms with Crippen molar-refractivity contribution >= 4 is 23.2 Å². The number of nitrogens with one attached hydrogen (secondary N) is 2. The number of anilines is 2. The van der Waals surface area contributed by atoms with Gasteiger partial charge in [-0.05, 0) is 318 Å². The molecule has 2 N–H and O–H groups in total. The molecule has 0 saturated heterocycles. The van der Waals surface area contributed by atoms with E-state index in [0.29, 0.717) is 72.6 Å². The Morgan fingerprint density at radius 2 is 0.574 bits per heavy atom. The molecule has 0 aromatic heterocycles. The molecule has 141 heavy (non-hydrogen) atoms. The topological polar surface area (TPSA) is 76.7 Å². The van der Waals surface area contributed by atoms with E-state index in [9.17, 15) is 75.4 Å².